The summed E-state index contributed by atoms with van der Waals surface area (Å²) >= 11 is 0. The van der Waals surface area contributed by atoms with E-state index in [0.29, 0.717) is 0 Å². The Morgan fingerprint density at radius 1 is 0.875 bits per heavy atom. The molecule has 0 atom stereocenters. The van der Waals surface area contributed by atoms with E-state index in [9.17, 15) is 13.6 Å². The minimum Gasteiger partial charge on any atom is -0.275 e. The number of rotatable bonds is 2. The summed E-state index contributed by atoms with van der Waals surface area (Å²) < 4.78 is 21.8. The first-order valence-electron chi connectivity index (χ1n) is 1.49. The predicted octanol–water partition coefficient (Wildman–Crippen LogP) is -0.452. The molecule has 0 heterocycles. The van der Waals surface area contributed by atoms with E-state index >= 15 is 0 Å². The van der Waals surface area contributed by atoms with Crippen molar-refractivity contribution in [1.29, 1.82) is 0 Å². The lowest BCUT2D eigenvalue weighted by atomic mass is 10.4. The number of hydrogen-bond acceptors (Lipinski definition) is 3. The van der Waals surface area contributed by atoms with Gasteiger partial charge in [-0.3, -0.25) is 14.4 Å². The van der Waals surface area contributed by atoms with E-state index in [0.717, 1.165) is 0 Å². The van der Waals surface area contributed by atoms with Crippen LogP contribution in [-0.2, 0) is 14.4 Å². The van der Waals surface area contributed by atoms with Gasteiger partial charge in [0.2, 0.25) is 0 Å². The average Bonchev–Trinajstić information content (AvgIpc) is 1.64. The van der Waals surface area contributed by atoms with Crippen LogP contribution in [-0.4, -0.2) is 17.9 Å². The van der Waals surface area contributed by atoms with Crippen molar-refractivity contribution in [3.8, 4) is 0 Å². The fourth-order valence-corrected chi connectivity index (χ4v) is 0.0773. The highest BCUT2D eigenvalue weighted by molar-refractivity contribution is 6.59. The van der Waals surface area contributed by atoms with Gasteiger partial charge in [-0.2, -0.15) is 8.78 Å². The van der Waals surface area contributed by atoms with Gasteiger partial charge in [0, 0.05) is 0 Å². The van der Waals surface area contributed by atoms with Crippen LogP contribution in [0.4, 0.5) is 8.78 Å². The van der Waals surface area contributed by atoms with Crippen molar-refractivity contribution in [2.24, 2.45) is 0 Å². The van der Waals surface area contributed by atoms with Crippen molar-refractivity contribution >= 4 is 17.9 Å². The summed E-state index contributed by atoms with van der Waals surface area (Å²) in [5.74, 6) is -2.26. The zero-order valence-corrected chi connectivity index (χ0v) is 3.48. The second kappa shape index (κ2) is 2.25. The van der Waals surface area contributed by atoms with E-state index in [4.69, 9.17) is 9.59 Å². The predicted molar refractivity (Wildman–Crippen MR) is 17.2 cm³/mol. The van der Waals surface area contributed by atoms with Crippen molar-refractivity contribution in [1.82, 2.24) is 0 Å². The third-order valence-corrected chi connectivity index (χ3v) is 0.357. The molecule has 5 heteroatoms. The molecule has 0 unspecified atom stereocenters. The Kier molecular flexibility index (Phi) is 1.93. The van der Waals surface area contributed by atoms with Crippen LogP contribution in [0, 0.1) is 0 Å². The minimum absolute atomic E-state index is 2.26. The quantitative estimate of drug-likeness (QED) is 0.283. The van der Waals surface area contributed by atoms with Crippen LogP contribution >= 0.6 is 0 Å². The van der Waals surface area contributed by atoms with E-state index < -0.39 is 17.9 Å². The van der Waals surface area contributed by atoms with Gasteiger partial charge >= 0.3 is 17.9 Å². The lowest BCUT2D eigenvalue weighted by molar-refractivity contribution is -0.152. The van der Waals surface area contributed by atoms with Gasteiger partial charge in [0.05, 0.1) is 0 Å². The largest absolute Gasteiger partial charge is 0.378 e. The molecule has 3 nitrogen and oxygen atoms in total. The fourth-order valence-electron chi connectivity index (χ4n) is 0.0773. The van der Waals surface area contributed by atoms with E-state index in [-0.39, 0.29) is 0 Å². The molecule has 44 valence electrons. The molecule has 8 heavy (non-hydrogen) atoms. The van der Waals surface area contributed by atoms with Crippen molar-refractivity contribution in [2.75, 3.05) is 0 Å². The number of halogens is 2. The highest BCUT2D eigenvalue weighted by Gasteiger charge is 2.21. The summed E-state index contributed by atoms with van der Waals surface area (Å²) in [5.41, 5.74) is 0. The third kappa shape index (κ3) is 1.55. The standard InChI is InChI=1S/C3F2O3/c4-2(7)1(6)3(5)8. The molecule has 0 spiro atoms. The van der Waals surface area contributed by atoms with Crippen molar-refractivity contribution < 1.29 is 23.2 Å². The van der Waals surface area contributed by atoms with Gasteiger partial charge in [-0.1, -0.05) is 0 Å². The highest BCUT2D eigenvalue weighted by atomic mass is 19.1. The van der Waals surface area contributed by atoms with Gasteiger partial charge in [0.15, 0.2) is 0 Å². The molecule has 0 saturated heterocycles. The molecule has 0 bridgehead atoms. The van der Waals surface area contributed by atoms with Crippen LogP contribution in [0.15, 0.2) is 0 Å². The second-order valence-corrected chi connectivity index (χ2v) is 0.877. The minimum atomic E-state index is -2.57. The first-order valence-corrected chi connectivity index (χ1v) is 1.49. The molecule has 0 radical (unpaired) electrons. The molecule has 0 aliphatic carbocycles. The zero-order chi connectivity index (χ0) is 6.73. The summed E-state index contributed by atoms with van der Waals surface area (Å²) in [7, 11) is 0. The lowest BCUT2D eigenvalue weighted by Crippen LogP contribution is -2.15. The number of carbonyl (C=O) groups is 3. The molecule has 0 aromatic rings. The number of Topliss-reactive ketones (excluding diaryl/α,β-unsaturated/α-hetero) is 1. The molecule has 0 aliphatic heterocycles. The maximum absolute atomic E-state index is 10.9. The van der Waals surface area contributed by atoms with Crippen molar-refractivity contribution in [3.05, 3.63) is 0 Å². The molecule has 0 N–H and O–H groups in total. The topological polar surface area (TPSA) is 51.2 Å². The highest BCUT2D eigenvalue weighted by Crippen LogP contribution is 1.80. The van der Waals surface area contributed by atoms with Crippen LogP contribution in [0.5, 0.6) is 0 Å². The SMILES string of the molecule is O=C(F)C(=O)C(=O)F. The second-order valence-electron chi connectivity index (χ2n) is 0.877. The summed E-state index contributed by atoms with van der Waals surface area (Å²) in [6.07, 6.45) is 0. The van der Waals surface area contributed by atoms with E-state index in [1.54, 1.807) is 0 Å². The Hall–Kier alpha value is -1.13. The van der Waals surface area contributed by atoms with Gasteiger partial charge in [-0.05, 0) is 0 Å². The van der Waals surface area contributed by atoms with Gasteiger partial charge in [-0.15, -0.1) is 0 Å². The number of ketones is 1. The molecular formula is C3F2O3. The van der Waals surface area contributed by atoms with Crippen LogP contribution < -0.4 is 0 Å². The van der Waals surface area contributed by atoms with Gasteiger partial charge < -0.3 is 0 Å². The Morgan fingerprint density at radius 2 is 1.12 bits per heavy atom. The van der Waals surface area contributed by atoms with E-state index in [2.05, 4.69) is 0 Å². The molecular weight excluding hydrogens is 122 g/mol. The maximum Gasteiger partial charge on any atom is 0.378 e. The van der Waals surface area contributed by atoms with Crippen LogP contribution in [0.25, 0.3) is 0 Å². The molecule has 0 aromatic heterocycles. The van der Waals surface area contributed by atoms with Gasteiger partial charge in [-0.25, -0.2) is 0 Å². The van der Waals surface area contributed by atoms with Gasteiger partial charge in [0.1, 0.15) is 0 Å². The molecule has 0 amide bonds. The average molecular weight is 122 g/mol. The fraction of sp³-hybridized carbons (Fsp3) is 0. The summed E-state index contributed by atoms with van der Waals surface area (Å²) in [4.78, 5) is 27.6. The summed E-state index contributed by atoms with van der Waals surface area (Å²) in [6, 6.07) is -5.14. The van der Waals surface area contributed by atoms with Crippen molar-refractivity contribution in [3.63, 3.8) is 0 Å². The molecule has 0 aliphatic rings. The first kappa shape index (κ1) is 6.87. The Morgan fingerprint density at radius 3 is 1.12 bits per heavy atom. The maximum atomic E-state index is 10.9. The Balaban J connectivity index is 4.05. The summed E-state index contributed by atoms with van der Waals surface area (Å²) in [6.45, 7) is 0. The van der Waals surface area contributed by atoms with E-state index in [1.165, 1.54) is 0 Å². The molecule has 0 rings (SSSR count). The van der Waals surface area contributed by atoms with Gasteiger partial charge in [0.25, 0.3) is 0 Å². The normalized spacial score (nSPS) is 8.25. The van der Waals surface area contributed by atoms with Crippen molar-refractivity contribution in [2.45, 2.75) is 0 Å². The Labute approximate surface area is 42.3 Å². The first-order chi connectivity index (χ1) is 3.55. The van der Waals surface area contributed by atoms with E-state index in [1.807, 2.05) is 0 Å². The molecule has 0 aromatic carbocycles. The molecule has 0 fully saturated rings. The number of hydrogen-bond donors (Lipinski definition) is 0. The third-order valence-electron chi connectivity index (χ3n) is 0.357. The molecule has 0 saturated carbocycles. The zero-order valence-electron chi connectivity index (χ0n) is 3.48. The summed E-state index contributed by atoms with van der Waals surface area (Å²) in [5, 5.41) is 0. The monoisotopic (exact) mass is 122 g/mol. The lowest BCUT2D eigenvalue weighted by Gasteiger charge is -1.74. The number of carbonyl (C=O) groups excluding carboxylic acids is 3. The Bertz CT molecular complexity index is 135. The van der Waals surface area contributed by atoms with Crippen LogP contribution in [0.3, 0.4) is 0 Å². The smallest absolute Gasteiger partial charge is 0.275 e. The van der Waals surface area contributed by atoms with Crippen LogP contribution in [0.2, 0.25) is 0 Å². The van der Waals surface area contributed by atoms with Crippen LogP contribution in [0.1, 0.15) is 0 Å².